The van der Waals surface area contributed by atoms with E-state index in [1.807, 2.05) is 0 Å². The van der Waals surface area contributed by atoms with Gasteiger partial charge in [0.15, 0.2) is 0 Å². The third-order valence-corrected chi connectivity index (χ3v) is 4.71. The van der Waals surface area contributed by atoms with Crippen LogP contribution in [0.15, 0.2) is 17.8 Å². The monoisotopic (exact) mass is 281 g/mol. The Morgan fingerprint density at radius 1 is 1.44 bits per heavy atom. The molecule has 0 N–H and O–H groups in total. The van der Waals surface area contributed by atoms with Gasteiger partial charge in [0.05, 0.1) is 10.2 Å². The van der Waals surface area contributed by atoms with Crippen LogP contribution in [0.1, 0.15) is 25.7 Å². The molecule has 0 amide bonds. The predicted octanol–water partition coefficient (Wildman–Crippen LogP) is 3.68. The third-order valence-electron chi connectivity index (χ3n) is 3.54. The molecule has 18 heavy (non-hydrogen) atoms. The van der Waals surface area contributed by atoms with E-state index in [0.717, 1.165) is 30.2 Å². The van der Waals surface area contributed by atoms with Crippen molar-refractivity contribution in [1.29, 1.82) is 0 Å². The SMILES string of the molecule is ClCCCC1CCCN1c1ncnc2ccsc12. The minimum absolute atomic E-state index is 0.601. The highest BCUT2D eigenvalue weighted by Crippen LogP contribution is 2.33. The van der Waals surface area contributed by atoms with Crippen molar-refractivity contribution in [2.45, 2.75) is 31.7 Å². The molecule has 0 radical (unpaired) electrons. The summed E-state index contributed by atoms with van der Waals surface area (Å²) in [6, 6.07) is 2.67. The second-order valence-electron chi connectivity index (χ2n) is 4.65. The molecule has 5 heteroatoms. The quantitative estimate of drug-likeness (QED) is 0.801. The molecule has 1 unspecified atom stereocenters. The summed E-state index contributed by atoms with van der Waals surface area (Å²) in [4.78, 5) is 11.3. The van der Waals surface area contributed by atoms with Gasteiger partial charge < -0.3 is 4.90 Å². The number of rotatable bonds is 4. The van der Waals surface area contributed by atoms with E-state index in [2.05, 4.69) is 26.3 Å². The summed E-state index contributed by atoms with van der Waals surface area (Å²) < 4.78 is 1.22. The second-order valence-corrected chi connectivity index (χ2v) is 5.95. The Bertz CT molecular complexity index is 528. The summed E-state index contributed by atoms with van der Waals surface area (Å²) in [6.45, 7) is 1.11. The molecule has 1 aliphatic rings. The van der Waals surface area contributed by atoms with Crippen molar-refractivity contribution in [3.63, 3.8) is 0 Å². The van der Waals surface area contributed by atoms with Crippen LogP contribution in [0.4, 0.5) is 5.82 Å². The zero-order chi connectivity index (χ0) is 12.4. The summed E-state index contributed by atoms with van der Waals surface area (Å²) >= 11 is 7.54. The van der Waals surface area contributed by atoms with Crippen molar-refractivity contribution in [2.24, 2.45) is 0 Å². The number of nitrogens with zero attached hydrogens (tertiary/aromatic N) is 3. The zero-order valence-corrected chi connectivity index (χ0v) is 11.8. The molecule has 0 bridgehead atoms. The van der Waals surface area contributed by atoms with E-state index in [4.69, 9.17) is 11.6 Å². The summed E-state index contributed by atoms with van der Waals surface area (Å²) in [5, 5.41) is 2.09. The van der Waals surface area contributed by atoms with Gasteiger partial charge in [-0.2, -0.15) is 0 Å². The number of hydrogen-bond donors (Lipinski definition) is 0. The average molecular weight is 282 g/mol. The van der Waals surface area contributed by atoms with Crippen molar-refractivity contribution in [3.8, 4) is 0 Å². The first kappa shape index (κ1) is 12.2. The van der Waals surface area contributed by atoms with Crippen LogP contribution >= 0.6 is 22.9 Å². The minimum atomic E-state index is 0.601. The molecule has 1 atom stereocenters. The molecule has 1 saturated heterocycles. The molecule has 2 aromatic heterocycles. The van der Waals surface area contributed by atoms with Crippen LogP contribution in [-0.2, 0) is 0 Å². The highest BCUT2D eigenvalue weighted by Gasteiger charge is 2.26. The highest BCUT2D eigenvalue weighted by atomic mass is 35.5. The standard InChI is InChI=1S/C13H16ClN3S/c14-6-1-3-10-4-2-7-17(10)13-12-11(5-8-18-12)15-9-16-13/h5,8-10H,1-4,6-7H2. The van der Waals surface area contributed by atoms with Crippen LogP contribution in [0.3, 0.4) is 0 Å². The van der Waals surface area contributed by atoms with E-state index in [0.29, 0.717) is 6.04 Å². The van der Waals surface area contributed by atoms with Gasteiger partial charge in [0.1, 0.15) is 12.1 Å². The number of aromatic nitrogens is 2. The van der Waals surface area contributed by atoms with Gasteiger partial charge in [-0.3, -0.25) is 0 Å². The first-order valence-electron chi connectivity index (χ1n) is 6.41. The smallest absolute Gasteiger partial charge is 0.150 e. The van der Waals surface area contributed by atoms with Crippen LogP contribution in [-0.4, -0.2) is 28.4 Å². The minimum Gasteiger partial charge on any atom is -0.352 e. The topological polar surface area (TPSA) is 29.0 Å². The third kappa shape index (κ3) is 2.19. The summed E-state index contributed by atoms with van der Waals surface area (Å²) in [5.41, 5.74) is 1.06. The molecule has 0 aromatic carbocycles. The Hall–Kier alpha value is -0.870. The Kier molecular flexibility index (Phi) is 3.66. The zero-order valence-electron chi connectivity index (χ0n) is 10.2. The van der Waals surface area contributed by atoms with Gasteiger partial charge in [0, 0.05) is 18.5 Å². The van der Waals surface area contributed by atoms with Crippen molar-refractivity contribution >= 4 is 39.0 Å². The first-order valence-corrected chi connectivity index (χ1v) is 7.82. The highest BCUT2D eigenvalue weighted by molar-refractivity contribution is 7.17. The van der Waals surface area contributed by atoms with Gasteiger partial charge in [0.25, 0.3) is 0 Å². The van der Waals surface area contributed by atoms with Gasteiger partial charge >= 0.3 is 0 Å². The molecule has 3 heterocycles. The average Bonchev–Trinajstić information content (AvgIpc) is 3.04. The number of alkyl halides is 1. The molecule has 1 fully saturated rings. The molecule has 0 spiro atoms. The largest absolute Gasteiger partial charge is 0.352 e. The van der Waals surface area contributed by atoms with E-state index in [1.54, 1.807) is 17.7 Å². The van der Waals surface area contributed by atoms with Gasteiger partial charge in [-0.25, -0.2) is 9.97 Å². The summed E-state index contributed by atoms with van der Waals surface area (Å²) in [7, 11) is 0. The summed E-state index contributed by atoms with van der Waals surface area (Å²) in [5.74, 6) is 1.87. The maximum Gasteiger partial charge on any atom is 0.150 e. The lowest BCUT2D eigenvalue weighted by atomic mass is 10.1. The number of thiophene rings is 1. The van der Waals surface area contributed by atoms with Crippen molar-refractivity contribution < 1.29 is 0 Å². The van der Waals surface area contributed by atoms with Crippen molar-refractivity contribution in [3.05, 3.63) is 17.8 Å². The molecular formula is C13H16ClN3S. The van der Waals surface area contributed by atoms with Crippen LogP contribution in [0.2, 0.25) is 0 Å². The maximum absolute atomic E-state index is 5.81. The van der Waals surface area contributed by atoms with E-state index < -0.39 is 0 Å². The normalized spacial score (nSPS) is 19.8. The van der Waals surface area contributed by atoms with Crippen LogP contribution in [0.5, 0.6) is 0 Å². The maximum atomic E-state index is 5.81. The molecule has 1 aliphatic heterocycles. The number of fused-ring (bicyclic) bond motifs is 1. The summed E-state index contributed by atoms with van der Waals surface area (Å²) in [6.07, 6.45) is 6.45. The van der Waals surface area contributed by atoms with Crippen molar-refractivity contribution in [2.75, 3.05) is 17.3 Å². The van der Waals surface area contributed by atoms with Gasteiger partial charge in [-0.15, -0.1) is 22.9 Å². The van der Waals surface area contributed by atoms with E-state index in [1.165, 1.54) is 24.0 Å². The molecule has 3 nitrogen and oxygen atoms in total. The Morgan fingerprint density at radius 2 is 2.39 bits per heavy atom. The number of halogens is 1. The van der Waals surface area contributed by atoms with E-state index in [-0.39, 0.29) is 0 Å². The lowest BCUT2D eigenvalue weighted by molar-refractivity contribution is 0.599. The lowest BCUT2D eigenvalue weighted by Gasteiger charge is -2.25. The van der Waals surface area contributed by atoms with E-state index >= 15 is 0 Å². The van der Waals surface area contributed by atoms with Crippen LogP contribution in [0.25, 0.3) is 10.2 Å². The fourth-order valence-electron chi connectivity index (χ4n) is 2.71. The predicted molar refractivity (Wildman–Crippen MR) is 77.7 cm³/mol. The fraction of sp³-hybridized carbons (Fsp3) is 0.538. The Balaban J connectivity index is 1.90. The molecule has 96 valence electrons. The molecular weight excluding hydrogens is 266 g/mol. The van der Waals surface area contributed by atoms with Gasteiger partial charge in [-0.05, 0) is 37.1 Å². The lowest BCUT2D eigenvalue weighted by Crippen LogP contribution is -2.30. The van der Waals surface area contributed by atoms with Gasteiger partial charge in [-0.1, -0.05) is 0 Å². The van der Waals surface area contributed by atoms with Gasteiger partial charge in [0.2, 0.25) is 0 Å². The first-order chi connectivity index (χ1) is 8.90. The molecule has 3 rings (SSSR count). The van der Waals surface area contributed by atoms with Crippen LogP contribution in [0, 0.1) is 0 Å². The Labute approximate surface area is 116 Å². The molecule has 0 saturated carbocycles. The van der Waals surface area contributed by atoms with Crippen LogP contribution < -0.4 is 4.90 Å². The van der Waals surface area contributed by atoms with E-state index in [9.17, 15) is 0 Å². The number of anilines is 1. The second kappa shape index (κ2) is 5.41. The van der Waals surface area contributed by atoms with Crippen molar-refractivity contribution in [1.82, 2.24) is 9.97 Å². The number of hydrogen-bond acceptors (Lipinski definition) is 4. The fourth-order valence-corrected chi connectivity index (χ4v) is 3.71. The molecule has 2 aromatic rings. The molecule has 0 aliphatic carbocycles. The Morgan fingerprint density at radius 3 is 3.28 bits per heavy atom.